The minimum absolute atomic E-state index is 0.148. The molecule has 3 aliphatic rings. The number of fused-ring (bicyclic) bond motifs is 2. The van der Waals surface area contributed by atoms with Crippen molar-refractivity contribution in [3.05, 3.63) is 47.0 Å². The Morgan fingerprint density at radius 1 is 1.03 bits per heavy atom. The molecule has 2 aromatic rings. The molecule has 0 aliphatic carbocycles. The summed E-state index contributed by atoms with van der Waals surface area (Å²) in [6.07, 6.45) is -0.406. The molecule has 0 saturated carbocycles. The van der Waals surface area contributed by atoms with Gasteiger partial charge in [-0.15, -0.1) is 0 Å². The Balaban J connectivity index is 1.40. The minimum atomic E-state index is -4.38. The number of ether oxygens (including phenoxy) is 1. The normalized spacial score (nSPS) is 23.3. The third kappa shape index (κ3) is 5.65. The second-order valence-electron chi connectivity index (χ2n) is 10.5. The third-order valence-electron chi connectivity index (χ3n) is 7.45. The maximum absolute atomic E-state index is 13.9. The molecule has 4 nitrogen and oxygen atoms in total. The fraction of sp³-hybridized carbons (Fsp3) is 0.571. The highest BCUT2D eigenvalue weighted by Gasteiger charge is 2.34. The first-order chi connectivity index (χ1) is 17.2. The monoisotopic (exact) mass is 519 g/mol. The number of alkyl halides is 3. The molecule has 196 valence electrons. The molecule has 2 aromatic carbocycles. The van der Waals surface area contributed by atoms with Crippen LogP contribution in [0.4, 0.5) is 24.5 Å². The lowest BCUT2D eigenvalue weighted by atomic mass is 9.97. The summed E-state index contributed by atoms with van der Waals surface area (Å²) in [7, 11) is 0. The van der Waals surface area contributed by atoms with Gasteiger partial charge in [-0.2, -0.15) is 13.2 Å². The van der Waals surface area contributed by atoms with E-state index in [2.05, 4.69) is 54.1 Å². The van der Waals surface area contributed by atoms with E-state index in [0.717, 1.165) is 68.1 Å². The van der Waals surface area contributed by atoms with Crippen molar-refractivity contribution in [3.8, 4) is 0 Å². The number of morpholine rings is 1. The molecule has 0 bridgehead atoms. The quantitative estimate of drug-likeness (QED) is 0.407. The summed E-state index contributed by atoms with van der Waals surface area (Å²) in [6, 6.07) is 9.30. The molecule has 2 saturated heterocycles. The van der Waals surface area contributed by atoms with Crippen LogP contribution in [0.5, 0.6) is 0 Å². The number of nitrogens with zero attached hydrogens (tertiary/aromatic N) is 2. The first-order valence-electron chi connectivity index (χ1n) is 13.1. The summed E-state index contributed by atoms with van der Waals surface area (Å²) in [6.45, 7) is 11.0. The zero-order valence-electron chi connectivity index (χ0n) is 21.3. The summed E-state index contributed by atoms with van der Waals surface area (Å²) in [5.41, 5.74) is 3.34. The predicted octanol–water partition coefficient (Wildman–Crippen LogP) is 6.66. The van der Waals surface area contributed by atoms with Crippen LogP contribution < -0.4 is 10.2 Å². The van der Waals surface area contributed by atoms with E-state index in [0.29, 0.717) is 17.0 Å². The Hall–Kier alpha value is -1.90. The predicted molar refractivity (Wildman–Crippen MR) is 140 cm³/mol. The number of hydrogen-bond acceptors (Lipinski definition) is 5. The maximum atomic E-state index is 13.9. The fourth-order valence-corrected chi connectivity index (χ4v) is 6.91. The number of likely N-dealkylation sites (tertiary alicyclic amines) is 1. The number of rotatable bonds is 5. The van der Waals surface area contributed by atoms with Crippen LogP contribution in [0.1, 0.15) is 56.7 Å². The minimum Gasteiger partial charge on any atom is -0.382 e. The van der Waals surface area contributed by atoms with E-state index >= 15 is 0 Å². The second kappa shape index (κ2) is 10.5. The number of hydrogen-bond donors (Lipinski definition) is 1. The van der Waals surface area contributed by atoms with E-state index in [1.165, 1.54) is 29.5 Å². The van der Waals surface area contributed by atoms with Crippen molar-refractivity contribution in [3.63, 3.8) is 0 Å². The van der Waals surface area contributed by atoms with E-state index in [-0.39, 0.29) is 18.2 Å². The van der Waals surface area contributed by atoms with Crippen molar-refractivity contribution < 1.29 is 17.9 Å². The Bertz CT molecular complexity index is 1070. The highest BCUT2D eigenvalue weighted by Crippen LogP contribution is 2.46. The van der Waals surface area contributed by atoms with Gasteiger partial charge in [0.2, 0.25) is 0 Å². The summed E-state index contributed by atoms with van der Waals surface area (Å²) < 4.78 is 47.5. The standard InChI is InChI=1S/C28H36F3N3OS/c1-4-9-33-10-7-22(8-11-33)32-25-13-21(28(29,30)31)14-27-24(25)12-20-5-6-23(15-26(20)36-27)34-16-18(2)35-19(3)17-34/h5-6,13-15,18-19,22,32H,4,7-12,16-17H2,1-3H3. The van der Waals surface area contributed by atoms with Crippen LogP contribution in [0.25, 0.3) is 0 Å². The van der Waals surface area contributed by atoms with E-state index in [1.54, 1.807) is 0 Å². The lowest BCUT2D eigenvalue weighted by Crippen LogP contribution is -2.45. The molecule has 1 N–H and O–H groups in total. The van der Waals surface area contributed by atoms with Crippen LogP contribution in [0.15, 0.2) is 40.1 Å². The molecule has 0 radical (unpaired) electrons. The molecular formula is C28H36F3N3OS. The Labute approximate surface area is 216 Å². The number of anilines is 2. The first-order valence-corrected chi connectivity index (χ1v) is 14.0. The number of benzene rings is 2. The lowest BCUT2D eigenvalue weighted by Gasteiger charge is -2.37. The van der Waals surface area contributed by atoms with Crippen LogP contribution >= 0.6 is 11.8 Å². The number of nitrogens with one attached hydrogen (secondary N) is 1. The highest BCUT2D eigenvalue weighted by atomic mass is 32.2. The van der Waals surface area contributed by atoms with Gasteiger partial charge in [-0.3, -0.25) is 0 Å². The number of piperidine rings is 1. The smallest absolute Gasteiger partial charge is 0.382 e. The molecule has 3 heterocycles. The summed E-state index contributed by atoms with van der Waals surface area (Å²) >= 11 is 1.47. The van der Waals surface area contributed by atoms with Gasteiger partial charge in [-0.1, -0.05) is 24.8 Å². The molecule has 2 unspecified atom stereocenters. The average molecular weight is 520 g/mol. The van der Waals surface area contributed by atoms with E-state index < -0.39 is 11.7 Å². The Morgan fingerprint density at radius 3 is 2.42 bits per heavy atom. The molecule has 3 aliphatic heterocycles. The molecule has 0 spiro atoms. The zero-order chi connectivity index (χ0) is 25.4. The van der Waals surface area contributed by atoms with Crippen LogP contribution in [0.2, 0.25) is 0 Å². The van der Waals surface area contributed by atoms with Gasteiger partial charge in [-0.25, -0.2) is 0 Å². The van der Waals surface area contributed by atoms with Crippen LogP contribution in [0.3, 0.4) is 0 Å². The van der Waals surface area contributed by atoms with Gasteiger partial charge < -0.3 is 19.9 Å². The lowest BCUT2D eigenvalue weighted by molar-refractivity contribution is -0.137. The van der Waals surface area contributed by atoms with Crippen LogP contribution in [-0.4, -0.2) is 55.9 Å². The topological polar surface area (TPSA) is 27.7 Å². The maximum Gasteiger partial charge on any atom is 0.416 e. The number of halogens is 3. The molecule has 0 aromatic heterocycles. The Kier molecular flexibility index (Phi) is 7.48. The summed E-state index contributed by atoms with van der Waals surface area (Å²) in [5.74, 6) is 0. The largest absolute Gasteiger partial charge is 0.416 e. The van der Waals surface area contributed by atoms with Gasteiger partial charge in [0.05, 0.1) is 17.8 Å². The fourth-order valence-electron chi connectivity index (χ4n) is 5.73. The Morgan fingerprint density at radius 2 is 1.75 bits per heavy atom. The molecule has 0 amide bonds. The van der Waals surface area contributed by atoms with Gasteiger partial charge >= 0.3 is 6.18 Å². The van der Waals surface area contributed by atoms with Crippen LogP contribution in [0, 0.1) is 0 Å². The van der Waals surface area contributed by atoms with Crippen molar-refractivity contribution in [2.75, 3.05) is 42.9 Å². The molecule has 2 atom stereocenters. The van der Waals surface area contributed by atoms with E-state index in [4.69, 9.17) is 4.74 Å². The molecule has 8 heteroatoms. The van der Waals surface area contributed by atoms with Gasteiger partial charge in [0.25, 0.3) is 0 Å². The van der Waals surface area contributed by atoms with Crippen molar-refractivity contribution >= 4 is 23.1 Å². The SMILES string of the molecule is CCCN1CCC(Nc2cc(C(F)(F)F)cc3c2Cc2ccc(N4CC(C)OC(C)C4)cc2S3)CC1. The van der Waals surface area contributed by atoms with Crippen LogP contribution in [-0.2, 0) is 17.3 Å². The van der Waals surface area contributed by atoms with Crippen molar-refractivity contribution in [1.29, 1.82) is 0 Å². The average Bonchev–Trinajstić information content (AvgIpc) is 2.82. The van der Waals surface area contributed by atoms with Crippen molar-refractivity contribution in [2.24, 2.45) is 0 Å². The van der Waals surface area contributed by atoms with E-state index in [1.807, 2.05) is 0 Å². The molecule has 2 fully saturated rings. The van der Waals surface area contributed by atoms with Crippen molar-refractivity contribution in [1.82, 2.24) is 4.90 Å². The second-order valence-corrected chi connectivity index (χ2v) is 11.6. The zero-order valence-corrected chi connectivity index (χ0v) is 22.1. The van der Waals surface area contributed by atoms with Crippen molar-refractivity contribution in [2.45, 2.75) is 80.7 Å². The summed E-state index contributed by atoms with van der Waals surface area (Å²) in [5, 5.41) is 3.53. The molecule has 5 rings (SSSR count). The van der Waals surface area contributed by atoms with E-state index in [9.17, 15) is 13.2 Å². The summed E-state index contributed by atoms with van der Waals surface area (Å²) in [4.78, 5) is 6.52. The third-order valence-corrected chi connectivity index (χ3v) is 8.63. The van der Waals surface area contributed by atoms with Gasteiger partial charge in [-0.05, 0) is 75.0 Å². The highest BCUT2D eigenvalue weighted by molar-refractivity contribution is 7.99. The molecular weight excluding hydrogens is 483 g/mol. The van der Waals surface area contributed by atoms with Gasteiger partial charge in [0, 0.05) is 59.8 Å². The first kappa shape index (κ1) is 25.7. The molecule has 36 heavy (non-hydrogen) atoms. The van der Waals surface area contributed by atoms with Gasteiger partial charge in [0.1, 0.15) is 0 Å². The van der Waals surface area contributed by atoms with Gasteiger partial charge in [0.15, 0.2) is 0 Å².